The molecule has 0 bridgehead atoms. The zero-order valence-corrected chi connectivity index (χ0v) is 31.7. The molecule has 1 aliphatic carbocycles. The van der Waals surface area contributed by atoms with Crippen LogP contribution < -0.4 is 14.4 Å². The molecule has 0 aliphatic heterocycles. The first kappa shape index (κ1) is 37.9. The number of anilines is 1. The number of amides is 2. The van der Waals surface area contributed by atoms with Crippen molar-refractivity contribution in [2.24, 2.45) is 0 Å². The number of hydrogen-bond donors (Lipinski definition) is 1. The molecule has 5 aromatic carbocycles. The van der Waals surface area contributed by atoms with E-state index in [0.717, 1.165) is 41.1 Å². The Bertz CT molecular complexity index is 2090. The van der Waals surface area contributed by atoms with E-state index in [-0.39, 0.29) is 35.5 Å². The van der Waals surface area contributed by atoms with Gasteiger partial charge in [0, 0.05) is 34.6 Å². The summed E-state index contributed by atoms with van der Waals surface area (Å²) in [6.45, 7) is 1.12. The van der Waals surface area contributed by atoms with E-state index in [0.29, 0.717) is 27.1 Å². The van der Waals surface area contributed by atoms with Gasteiger partial charge in [-0.1, -0.05) is 108 Å². The zero-order chi connectivity index (χ0) is 37.4. The lowest BCUT2D eigenvalue weighted by atomic mass is 10.0. The van der Waals surface area contributed by atoms with Crippen molar-refractivity contribution in [3.05, 3.63) is 154 Å². The zero-order valence-electron chi connectivity index (χ0n) is 29.3. The van der Waals surface area contributed by atoms with Gasteiger partial charge < -0.3 is 15.0 Å². The number of para-hydroxylation sites is 1. The molecule has 2 amide bonds. The lowest BCUT2D eigenvalue weighted by molar-refractivity contribution is -0.140. The lowest BCUT2D eigenvalue weighted by Crippen LogP contribution is -2.54. The molecular weight excluding hydrogens is 729 g/mol. The Kier molecular flexibility index (Phi) is 12.4. The van der Waals surface area contributed by atoms with Gasteiger partial charge in [-0.15, -0.1) is 0 Å². The van der Waals surface area contributed by atoms with Gasteiger partial charge in [0.25, 0.3) is 10.0 Å². The van der Waals surface area contributed by atoms with Crippen molar-refractivity contribution in [1.29, 1.82) is 0 Å². The molecule has 5 aromatic rings. The Labute approximate surface area is 321 Å². The SMILES string of the molecule is Cc1ccc(S(=O)(=O)N(CC(=O)N(Cc2c(Cl)cccc2Cl)C(Cc2ccccc2)C(=O)NC2CCCC2)c2ccc(Oc3ccccc3)cc2)cc1. The van der Waals surface area contributed by atoms with Gasteiger partial charge in [0.1, 0.15) is 24.1 Å². The minimum absolute atomic E-state index is 0.0148. The third-order valence-corrected chi connectivity index (χ3v) is 11.9. The first-order valence-electron chi connectivity index (χ1n) is 17.6. The number of aryl methyl sites for hydroxylation is 1. The number of hydrogen-bond acceptors (Lipinski definition) is 5. The summed E-state index contributed by atoms with van der Waals surface area (Å²) >= 11 is 13.3. The van der Waals surface area contributed by atoms with Crippen molar-refractivity contribution in [3.63, 3.8) is 0 Å². The van der Waals surface area contributed by atoms with Crippen LogP contribution in [0.5, 0.6) is 11.5 Å². The molecule has 53 heavy (non-hydrogen) atoms. The number of nitrogens with one attached hydrogen (secondary N) is 1. The summed E-state index contributed by atoms with van der Waals surface area (Å²) < 4.78 is 36.0. The second kappa shape index (κ2) is 17.3. The van der Waals surface area contributed by atoms with E-state index in [1.807, 2.05) is 67.6 Å². The minimum Gasteiger partial charge on any atom is -0.457 e. The highest BCUT2D eigenvalue weighted by Crippen LogP contribution is 2.31. The standard InChI is InChI=1S/C42H41Cl2N3O5S/c1-30-19-25-36(26-20-30)53(50,51)47(33-21-23-35(24-22-33)52-34-15-6-3-7-16-34)29-41(48)46(28-37-38(43)17-10-18-39(37)44)40(27-31-11-4-2-5-12-31)42(49)45-32-13-8-9-14-32/h2-7,10-12,15-26,32,40H,8-9,13-14,27-29H2,1H3,(H,45,49). The van der Waals surface area contributed by atoms with Crippen LogP contribution >= 0.6 is 23.2 Å². The Morgan fingerprint density at radius 1 is 0.774 bits per heavy atom. The third kappa shape index (κ3) is 9.59. The maximum Gasteiger partial charge on any atom is 0.264 e. The van der Waals surface area contributed by atoms with Crippen molar-refractivity contribution in [1.82, 2.24) is 10.2 Å². The van der Waals surface area contributed by atoms with Crippen LogP contribution in [-0.4, -0.2) is 43.8 Å². The van der Waals surface area contributed by atoms with Crippen molar-refractivity contribution < 1.29 is 22.7 Å². The van der Waals surface area contributed by atoms with Gasteiger partial charge in [-0.25, -0.2) is 8.42 Å². The van der Waals surface area contributed by atoms with Gasteiger partial charge in [0.15, 0.2) is 0 Å². The van der Waals surface area contributed by atoms with Crippen LogP contribution in [0, 0.1) is 6.92 Å². The fourth-order valence-electron chi connectivity index (χ4n) is 6.45. The molecule has 6 rings (SSSR count). The number of carbonyl (C=O) groups excluding carboxylic acids is 2. The highest BCUT2D eigenvalue weighted by Gasteiger charge is 2.36. The first-order chi connectivity index (χ1) is 25.6. The fraction of sp³-hybridized carbons (Fsp3) is 0.238. The second-order valence-electron chi connectivity index (χ2n) is 13.2. The van der Waals surface area contributed by atoms with Crippen molar-refractivity contribution in [2.45, 2.75) is 62.6 Å². The molecule has 8 nitrogen and oxygen atoms in total. The topological polar surface area (TPSA) is 96.0 Å². The van der Waals surface area contributed by atoms with Crippen LogP contribution in [0.25, 0.3) is 0 Å². The largest absolute Gasteiger partial charge is 0.457 e. The molecule has 0 saturated heterocycles. The Morgan fingerprint density at radius 3 is 1.98 bits per heavy atom. The molecule has 1 aliphatic rings. The van der Waals surface area contributed by atoms with Gasteiger partial charge in [-0.3, -0.25) is 13.9 Å². The molecule has 1 unspecified atom stereocenters. The quantitative estimate of drug-likeness (QED) is 0.122. The average Bonchev–Trinajstić information content (AvgIpc) is 3.67. The predicted molar refractivity (Wildman–Crippen MR) is 210 cm³/mol. The van der Waals surface area contributed by atoms with E-state index >= 15 is 0 Å². The molecule has 274 valence electrons. The Morgan fingerprint density at radius 2 is 1.36 bits per heavy atom. The molecule has 11 heteroatoms. The van der Waals surface area contributed by atoms with Gasteiger partial charge in [0.05, 0.1) is 10.6 Å². The number of ether oxygens (including phenoxy) is 1. The monoisotopic (exact) mass is 769 g/mol. The molecule has 1 saturated carbocycles. The van der Waals surface area contributed by atoms with Crippen LogP contribution in [-0.2, 0) is 32.6 Å². The molecule has 0 heterocycles. The molecular formula is C42H41Cl2N3O5S. The van der Waals surface area contributed by atoms with E-state index in [4.69, 9.17) is 27.9 Å². The van der Waals surface area contributed by atoms with Crippen molar-refractivity contribution in [3.8, 4) is 11.5 Å². The summed E-state index contributed by atoms with van der Waals surface area (Å²) in [5, 5.41) is 3.82. The van der Waals surface area contributed by atoms with E-state index in [1.165, 1.54) is 17.0 Å². The van der Waals surface area contributed by atoms with Crippen molar-refractivity contribution in [2.75, 3.05) is 10.8 Å². The van der Waals surface area contributed by atoms with E-state index in [2.05, 4.69) is 5.32 Å². The van der Waals surface area contributed by atoms with Gasteiger partial charge in [-0.05, 0) is 86.0 Å². The normalized spacial score (nSPS) is 13.6. The van der Waals surface area contributed by atoms with Gasteiger partial charge in [0.2, 0.25) is 11.8 Å². The second-order valence-corrected chi connectivity index (χ2v) is 15.8. The average molecular weight is 771 g/mol. The predicted octanol–water partition coefficient (Wildman–Crippen LogP) is 8.99. The number of rotatable bonds is 14. The number of halogens is 2. The highest BCUT2D eigenvalue weighted by atomic mass is 35.5. The summed E-state index contributed by atoms with van der Waals surface area (Å²) in [4.78, 5) is 30.6. The van der Waals surface area contributed by atoms with Crippen LogP contribution in [0.4, 0.5) is 5.69 Å². The Balaban J connectivity index is 1.41. The lowest BCUT2D eigenvalue weighted by Gasteiger charge is -2.34. The van der Waals surface area contributed by atoms with Crippen LogP contribution in [0.15, 0.2) is 132 Å². The fourth-order valence-corrected chi connectivity index (χ4v) is 8.38. The third-order valence-electron chi connectivity index (χ3n) is 9.35. The van der Waals surface area contributed by atoms with Crippen LogP contribution in [0.3, 0.4) is 0 Å². The maximum atomic E-state index is 14.9. The van der Waals surface area contributed by atoms with E-state index in [9.17, 15) is 18.0 Å². The first-order valence-corrected chi connectivity index (χ1v) is 19.8. The van der Waals surface area contributed by atoms with Crippen LogP contribution in [0.2, 0.25) is 10.0 Å². The summed E-state index contributed by atoms with van der Waals surface area (Å²) in [5.74, 6) is 0.172. The summed E-state index contributed by atoms with van der Waals surface area (Å²) in [7, 11) is -4.29. The molecule has 0 radical (unpaired) electrons. The highest BCUT2D eigenvalue weighted by molar-refractivity contribution is 7.92. The van der Waals surface area contributed by atoms with Crippen molar-refractivity contribution >= 4 is 50.7 Å². The van der Waals surface area contributed by atoms with Crippen LogP contribution in [0.1, 0.15) is 42.4 Å². The van der Waals surface area contributed by atoms with E-state index in [1.54, 1.807) is 54.6 Å². The molecule has 1 N–H and O–H groups in total. The summed E-state index contributed by atoms with van der Waals surface area (Å²) in [5.41, 5.74) is 2.41. The number of benzene rings is 5. The summed E-state index contributed by atoms with van der Waals surface area (Å²) in [6.07, 6.45) is 3.89. The molecule has 0 aromatic heterocycles. The van der Waals surface area contributed by atoms with E-state index < -0.39 is 28.5 Å². The number of sulfonamides is 1. The Hall–Kier alpha value is -4.83. The summed E-state index contributed by atoms with van der Waals surface area (Å²) in [6, 6.07) is 35.6. The maximum absolute atomic E-state index is 14.9. The minimum atomic E-state index is -4.29. The number of nitrogens with zero attached hydrogens (tertiary/aromatic N) is 2. The number of carbonyl (C=O) groups is 2. The van der Waals surface area contributed by atoms with Gasteiger partial charge in [-0.2, -0.15) is 0 Å². The molecule has 1 fully saturated rings. The smallest absolute Gasteiger partial charge is 0.264 e. The van der Waals surface area contributed by atoms with Gasteiger partial charge >= 0.3 is 0 Å². The molecule has 0 spiro atoms. The molecule has 1 atom stereocenters.